The second kappa shape index (κ2) is 6.29. The summed E-state index contributed by atoms with van der Waals surface area (Å²) in [5, 5.41) is 5.33. The van der Waals surface area contributed by atoms with E-state index in [4.69, 9.17) is 0 Å². The lowest BCUT2D eigenvalue weighted by molar-refractivity contribution is 0.251. The highest BCUT2D eigenvalue weighted by atomic mass is 79.9. The Morgan fingerprint density at radius 2 is 1.95 bits per heavy atom. The van der Waals surface area contributed by atoms with Gasteiger partial charge in [-0.1, -0.05) is 24.3 Å². The molecule has 0 atom stereocenters. The fraction of sp³-hybridized carbons (Fsp3) is 0.154. The van der Waals surface area contributed by atoms with Crippen LogP contribution in [0.15, 0.2) is 41.1 Å². The van der Waals surface area contributed by atoms with Crippen LogP contribution in [-0.4, -0.2) is 16.0 Å². The molecule has 0 aliphatic heterocycles. The first-order chi connectivity index (χ1) is 9.15. The zero-order valence-corrected chi connectivity index (χ0v) is 11.9. The largest absolute Gasteiger partial charge is 0.334 e. The maximum atomic E-state index is 11.7. The molecule has 98 valence electrons. The minimum absolute atomic E-state index is 0.269. The van der Waals surface area contributed by atoms with Crippen LogP contribution in [0.5, 0.6) is 0 Å². The van der Waals surface area contributed by atoms with E-state index in [2.05, 4.69) is 36.5 Å². The molecule has 0 saturated carbocycles. The normalized spacial score (nSPS) is 10.0. The van der Waals surface area contributed by atoms with Crippen LogP contribution in [-0.2, 0) is 6.54 Å². The average Bonchev–Trinajstić information content (AvgIpc) is 2.40. The molecule has 0 bridgehead atoms. The Kier molecular flexibility index (Phi) is 4.46. The van der Waals surface area contributed by atoms with Gasteiger partial charge in [-0.2, -0.15) is 0 Å². The molecule has 0 saturated heterocycles. The van der Waals surface area contributed by atoms with E-state index in [1.54, 1.807) is 12.4 Å². The highest BCUT2D eigenvalue weighted by Gasteiger charge is 2.04. The molecule has 0 fully saturated rings. The van der Waals surface area contributed by atoms with Gasteiger partial charge in [0.2, 0.25) is 5.95 Å². The van der Waals surface area contributed by atoms with Crippen LogP contribution in [0.25, 0.3) is 0 Å². The fourth-order valence-corrected chi connectivity index (χ4v) is 1.71. The summed E-state index contributed by atoms with van der Waals surface area (Å²) in [5.41, 5.74) is 2.22. The number of halogens is 1. The standard InChI is InChI=1S/C13H13BrN4O/c1-9-4-2-3-5-10(9)6-17-13(19)18-12-15-7-11(14)8-16-12/h2-5,7-8H,6H2,1H3,(H2,15,16,17,18,19). The molecule has 0 spiro atoms. The van der Waals surface area contributed by atoms with Gasteiger partial charge in [0.05, 0.1) is 4.47 Å². The number of benzene rings is 1. The summed E-state index contributed by atoms with van der Waals surface area (Å²) in [4.78, 5) is 19.6. The van der Waals surface area contributed by atoms with Gasteiger partial charge in [-0.3, -0.25) is 5.32 Å². The van der Waals surface area contributed by atoms with Crippen LogP contribution in [0, 0.1) is 6.92 Å². The predicted octanol–water partition coefficient (Wildman–Crippen LogP) is 2.87. The molecule has 2 aromatic rings. The number of aromatic nitrogens is 2. The predicted molar refractivity (Wildman–Crippen MR) is 76.8 cm³/mol. The third kappa shape index (κ3) is 4.03. The summed E-state index contributed by atoms with van der Waals surface area (Å²) < 4.78 is 0.762. The Balaban J connectivity index is 1.88. The first-order valence-electron chi connectivity index (χ1n) is 5.72. The fourth-order valence-electron chi connectivity index (χ4n) is 1.51. The lowest BCUT2D eigenvalue weighted by Crippen LogP contribution is -2.29. The third-order valence-electron chi connectivity index (χ3n) is 2.55. The zero-order chi connectivity index (χ0) is 13.7. The summed E-state index contributed by atoms with van der Waals surface area (Å²) in [5.74, 6) is 0.269. The van der Waals surface area contributed by atoms with Crippen molar-refractivity contribution in [3.05, 3.63) is 52.3 Å². The van der Waals surface area contributed by atoms with E-state index in [0.29, 0.717) is 6.54 Å². The summed E-state index contributed by atoms with van der Waals surface area (Å²) in [6.07, 6.45) is 3.15. The Labute approximate surface area is 119 Å². The topological polar surface area (TPSA) is 66.9 Å². The number of carbonyl (C=O) groups excluding carboxylic acids is 1. The molecule has 19 heavy (non-hydrogen) atoms. The lowest BCUT2D eigenvalue weighted by atomic mass is 10.1. The van der Waals surface area contributed by atoms with Crippen molar-refractivity contribution >= 4 is 27.9 Å². The smallest absolute Gasteiger partial charge is 0.321 e. The van der Waals surface area contributed by atoms with Crippen LogP contribution in [0.4, 0.5) is 10.7 Å². The number of nitrogens with one attached hydrogen (secondary N) is 2. The molecule has 0 unspecified atom stereocenters. The van der Waals surface area contributed by atoms with Crippen molar-refractivity contribution in [3.8, 4) is 0 Å². The number of rotatable bonds is 3. The minimum atomic E-state index is -0.328. The number of carbonyl (C=O) groups is 1. The quantitative estimate of drug-likeness (QED) is 0.913. The zero-order valence-electron chi connectivity index (χ0n) is 10.4. The maximum Gasteiger partial charge on any atom is 0.321 e. The van der Waals surface area contributed by atoms with Crippen LogP contribution in [0.2, 0.25) is 0 Å². The Morgan fingerprint density at radius 3 is 2.63 bits per heavy atom. The van der Waals surface area contributed by atoms with E-state index >= 15 is 0 Å². The average molecular weight is 321 g/mol. The van der Waals surface area contributed by atoms with Gasteiger partial charge >= 0.3 is 6.03 Å². The molecule has 0 aliphatic rings. The lowest BCUT2D eigenvalue weighted by Gasteiger charge is -2.08. The monoisotopic (exact) mass is 320 g/mol. The molecule has 1 aromatic heterocycles. The van der Waals surface area contributed by atoms with Gasteiger partial charge in [0.15, 0.2) is 0 Å². The van der Waals surface area contributed by atoms with E-state index in [9.17, 15) is 4.79 Å². The molecule has 0 radical (unpaired) electrons. The number of aryl methyl sites for hydroxylation is 1. The van der Waals surface area contributed by atoms with Crippen molar-refractivity contribution in [3.63, 3.8) is 0 Å². The van der Waals surface area contributed by atoms with Crippen molar-refractivity contribution in [1.29, 1.82) is 0 Å². The Hall–Kier alpha value is -1.95. The van der Waals surface area contributed by atoms with E-state index < -0.39 is 0 Å². The number of urea groups is 1. The molecule has 2 rings (SSSR count). The van der Waals surface area contributed by atoms with Gasteiger partial charge in [0.25, 0.3) is 0 Å². The number of nitrogens with zero attached hydrogens (tertiary/aromatic N) is 2. The van der Waals surface area contributed by atoms with Crippen LogP contribution in [0.1, 0.15) is 11.1 Å². The van der Waals surface area contributed by atoms with Crippen molar-refractivity contribution in [1.82, 2.24) is 15.3 Å². The van der Waals surface area contributed by atoms with Crippen molar-refractivity contribution in [2.75, 3.05) is 5.32 Å². The second-order valence-corrected chi connectivity index (χ2v) is 4.87. The first-order valence-corrected chi connectivity index (χ1v) is 6.51. The minimum Gasteiger partial charge on any atom is -0.334 e. The highest BCUT2D eigenvalue weighted by molar-refractivity contribution is 9.10. The summed E-state index contributed by atoms with van der Waals surface area (Å²) >= 11 is 3.23. The van der Waals surface area contributed by atoms with Gasteiger partial charge in [0.1, 0.15) is 0 Å². The SMILES string of the molecule is Cc1ccccc1CNC(=O)Nc1ncc(Br)cn1. The summed E-state index contributed by atoms with van der Waals surface area (Å²) in [6, 6.07) is 7.57. The third-order valence-corrected chi connectivity index (χ3v) is 2.96. The van der Waals surface area contributed by atoms with E-state index in [1.165, 1.54) is 0 Å². The molecular weight excluding hydrogens is 308 g/mol. The Bertz CT molecular complexity index is 571. The van der Waals surface area contributed by atoms with Gasteiger partial charge < -0.3 is 5.32 Å². The van der Waals surface area contributed by atoms with Crippen LogP contribution in [0.3, 0.4) is 0 Å². The van der Waals surface area contributed by atoms with Gasteiger partial charge in [-0.05, 0) is 34.0 Å². The molecule has 2 N–H and O–H groups in total. The van der Waals surface area contributed by atoms with Gasteiger partial charge in [-0.25, -0.2) is 14.8 Å². The van der Waals surface area contributed by atoms with Crippen molar-refractivity contribution in [2.24, 2.45) is 0 Å². The molecule has 1 aromatic carbocycles. The summed E-state index contributed by atoms with van der Waals surface area (Å²) in [6.45, 7) is 2.47. The maximum absolute atomic E-state index is 11.7. The van der Waals surface area contributed by atoms with Gasteiger partial charge in [-0.15, -0.1) is 0 Å². The van der Waals surface area contributed by atoms with Crippen molar-refractivity contribution in [2.45, 2.75) is 13.5 Å². The van der Waals surface area contributed by atoms with Crippen molar-refractivity contribution < 1.29 is 4.79 Å². The number of anilines is 1. The van der Waals surface area contributed by atoms with Crippen LogP contribution < -0.4 is 10.6 Å². The molecule has 2 amide bonds. The van der Waals surface area contributed by atoms with Crippen LogP contribution >= 0.6 is 15.9 Å². The first kappa shape index (κ1) is 13.5. The molecule has 6 heteroatoms. The molecule has 0 aliphatic carbocycles. The van der Waals surface area contributed by atoms with E-state index in [-0.39, 0.29) is 12.0 Å². The summed E-state index contributed by atoms with van der Waals surface area (Å²) in [7, 11) is 0. The molecule has 5 nitrogen and oxygen atoms in total. The number of hydrogen-bond acceptors (Lipinski definition) is 3. The van der Waals surface area contributed by atoms with Gasteiger partial charge in [0, 0.05) is 18.9 Å². The van der Waals surface area contributed by atoms with E-state index in [0.717, 1.165) is 15.6 Å². The number of amides is 2. The number of hydrogen-bond donors (Lipinski definition) is 2. The highest BCUT2D eigenvalue weighted by Crippen LogP contribution is 2.07. The Morgan fingerprint density at radius 1 is 1.26 bits per heavy atom. The van der Waals surface area contributed by atoms with E-state index in [1.807, 2.05) is 31.2 Å². The molecular formula is C13H13BrN4O. The second-order valence-electron chi connectivity index (χ2n) is 3.96. The molecule has 1 heterocycles.